The predicted octanol–water partition coefficient (Wildman–Crippen LogP) is 2.91. The number of alkyl halides is 1. The minimum Gasteiger partial charge on any atom is -0.489 e. The number of aromatic nitrogens is 2. The van der Waals surface area contributed by atoms with Gasteiger partial charge in [0.05, 0.1) is 19.0 Å². The van der Waals surface area contributed by atoms with Crippen LogP contribution in [0.15, 0.2) is 29.8 Å². The van der Waals surface area contributed by atoms with Gasteiger partial charge in [-0.2, -0.15) is 4.98 Å². The molecule has 1 radical (unpaired) electrons. The number of halogens is 2. The van der Waals surface area contributed by atoms with Crippen LogP contribution in [-0.4, -0.2) is 30.4 Å². The summed E-state index contributed by atoms with van der Waals surface area (Å²) in [6, 6.07) is 0. The van der Waals surface area contributed by atoms with Crippen molar-refractivity contribution >= 4 is 17.5 Å². The van der Waals surface area contributed by atoms with Gasteiger partial charge < -0.3 is 14.8 Å². The normalized spacial score (nSPS) is 14.3. The van der Waals surface area contributed by atoms with Crippen LogP contribution in [0.3, 0.4) is 0 Å². The molecule has 0 unspecified atom stereocenters. The maximum absolute atomic E-state index is 12.2. The Hall–Kier alpha value is -1.82. The minimum absolute atomic E-state index is 0.00346. The molecule has 1 aliphatic rings. The maximum atomic E-state index is 12.2. The van der Waals surface area contributed by atoms with Crippen molar-refractivity contribution in [3.63, 3.8) is 0 Å². The summed E-state index contributed by atoms with van der Waals surface area (Å²) in [7, 11) is 1.47. The van der Waals surface area contributed by atoms with Gasteiger partial charge in [0.25, 0.3) is 0 Å². The number of rotatable bonds is 6. The predicted molar refractivity (Wildman–Crippen MR) is 74.2 cm³/mol. The zero-order valence-corrected chi connectivity index (χ0v) is 11.7. The second kappa shape index (κ2) is 7.09. The molecule has 1 heterocycles. The third-order valence-corrected chi connectivity index (χ3v) is 2.74. The van der Waals surface area contributed by atoms with E-state index in [1.165, 1.54) is 13.3 Å². The van der Waals surface area contributed by atoms with Crippen molar-refractivity contribution in [1.82, 2.24) is 9.97 Å². The number of methoxy groups -OCH3 is 1. The largest absolute Gasteiger partial charge is 0.489 e. The molecule has 0 saturated carbocycles. The summed E-state index contributed by atoms with van der Waals surface area (Å²) in [6.45, 7) is -0.542. The molecule has 20 heavy (non-hydrogen) atoms. The molecule has 107 valence electrons. The number of hydrogen-bond donors (Lipinski definition) is 1. The van der Waals surface area contributed by atoms with Crippen molar-refractivity contribution in [2.45, 2.75) is 6.42 Å². The van der Waals surface area contributed by atoms with Gasteiger partial charge in [-0.05, 0) is 18.9 Å². The van der Waals surface area contributed by atoms with Gasteiger partial charge in [-0.15, -0.1) is 0 Å². The van der Waals surface area contributed by atoms with Crippen LogP contribution in [-0.2, 0) is 4.74 Å². The highest BCUT2D eigenvalue weighted by Gasteiger charge is 2.13. The van der Waals surface area contributed by atoms with Gasteiger partial charge in [-0.1, -0.05) is 17.7 Å². The summed E-state index contributed by atoms with van der Waals surface area (Å²) in [6.07, 6.45) is 7.79. The second-order valence-electron chi connectivity index (χ2n) is 3.83. The molecule has 0 amide bonds. The van der Waals surface area contributed by atoms with Crippen LogP contribution in [0.4, 0.5) is 10.3 Å². The molecule has 2 rings (SSSR count). The van der Waals surface area contributed by atoms with Crippen LogP contribution in [0.5, 0.6) is 5.88 Å². The van der Waals surface area contributed by atoms with Crippen LogP contribution in [0.1, 0.15) is 6.42 Å². The molecule has 0 aromatic carbocycles. The molecule has 0 saturated heterocycles. The van der Waals surface area contributed by atoms with Crippen molar-refractivity contribution in [2.24, 2.45) is 0 Å². The van der Waals surface area contributed by atoms with Crippen LogP contribution >= 0.6 is 11.6 Å². The number of anilines is 1. The van der Waals surface area contributed by atoms with E-state index in [4.69, 9.17) is 21.1 Å². The highest BCUT2D eigenvalue weighted by atomic mass is 35.5. The molecule has 7 heteroatoms. The van der Waals surface area contributed by atoms with Crippen LogP contribution in [0.2, 0.25) is 5.02 Å². The Kier molecular flexibility index (Phi) is 5.17. The minimum atomic E-state index is -0.546. The zero-order valence-electron chi connectivity index (χ0n) is 10.9. The molecule has 1 aromatic rings. The fourth-order valence-electron chi connectivity index (χ4n) is 1.61. The lowest BCUT2D eigenvalue weighted by Crippen LogP contribution is -2.12. The maximum Gasteiger partial charge on any atom is 0.237 e. The fraction of sp³-hybridized carbons (Fsp3) is 0.308. The third-order valence-electron chi connectivity index (χ3n) is 2.48. The highest BCUT2D eigenvalue weighted by Crippen LogP contribution is 2.24. The summed E-state index contributed by atoms with van der Waals surface area (Å²) < 4.78 is 22.5. The molecule has 1 aliphatic carbocycles. The Morgan fingerprint density at radius 1 is 1.50 bits per heavy atom. The van der Waals surface area contributed by atoms with E-state index in [-0.39, 0.29) is 12.5 Å². The number of hydrogen-bond acceptors (Lipinski definition) is 5. The Balaban J connectivity index is 2.11. The van der Waals surface area contributed by atoms with Gasteiger partial charge in [-0.3, -0.25) is 0 Å². The van der Waals surface area contributed by atoms with E-state index in [2.05, 4.69) is 15.3 Å². The SMILES string of the molecule is COc1nc(NC2=CC[CH]C=C2OCCF)ncc1Cl. The van der Waals surface area contributed by atoms with Gasteiger partial charge in [0.2, 0.25) is 11.8 Å². The molecule has 1 aromatic heterocycles. The van der Waals surface area contributed by atoms with E-state index >= 15 is 0 Å². The number of nitrogens with one attached hydrogen (secondary N) is 1. The first-order valence-electron chi connectivity index (χ1n) is 6.01. The molecule has 1 N–H and O–H groups in total. The summed E-state index contributed by atoms with van der Waals surface area (Å²) in [5.41, 5.74) is 0.685. The summed E-state index contributed by atoms with van der Waals surface area (Å²) >= 11 is 5.86. The van der Waals surface area contributed by atoms with Gasteiger partial charge >= 0.3 is 0 Å². The van der Waals surface area contributed by atoms with E-state index in [1.807, 2.05) is 12.5 Å². The van der Waals surface area contributed by atoms with Crippen LogP contribution < -0.4 is 10.1 Å². The standard InChI is InChI=1S/C13H14ClFN3O2/c1-19-12-9(14)8-16-13(18-12)17-10-4-2-3-5-11(10)20-7-6-15/h3-5,8H,2,6-7H2,1H3,(H,16,17,18). The van der Waals surface area contributed by atoms with Crippen LogP contribution in [0.25, 0.3) is 0 Å². The summed E-state index contributed by atoms with van der Waals surface area (Å²) in [5.74, 6) is 1.16. The summed E-state index contributed by atoms with van der Waals surface area (Å²) in [4.78, 5) is 8.17. The third kappa shape index (κ3) is 3.60. The first-order chi connectivity index (χ1) is 9.74. The van der Waals surface area contributed by atoms with Gasteiger partial charge in [-0.25, -0.2) is 9.37 Å². The Morgan fingerprint density at radius 2 is 2.35 bits per heavy atom. The quantitative estimate of drug-likeness (QED) is 0.875. The van der Waals surface area contributed by atoms with E-state index in [0.29, 0.717) is 22.4 Å². The lowest BCUT2D eigenvalue weighted by Gasteiger charge is -2.17. The molecule has 0 fully saturated rings. The molecular weight excluding hydrogens is 285 g/mol. The smallest absolute Gasteiger partial charge is 0.237 e. The van der Waals surface area contributed by atoms with Gasteiger partial charge in [0.15, 0.2) is 0 Å². The lowest BCUT2D eigenvalue weighted by atomic mass is 10.1. The number of nitrogens with zero attached hydrogens (tertiary/aromatic N) is 2. The first-order valence-corrected chi connectivity index (χ1v) is 6.38. The Morgan fingerprint density at radius 3 is 3.10 bits per heavy atom. The van der Waals surface area contributed by atoms with Gasteiger partial charge in [0.1, 0.15) is 24.1 Å². The lowest BCUT2D eigenvalue weighted by molar-refractivity contribution is 0.193. The average Bonchev–Trinajstić information content (AvgIpc) is 2.48. The molecule has 5 nitrogen and oxygen atoms in total. The van der Waals surface area contributed by atoms with E-state index in [9.17, 15) is 4.39 Å². The van der Waals surface area contributed by atoms with Crippen molar-refractivity contribution in [2.75, 3.05) is 25.7 Å². The molecule has 0 spiro atoms. The van der Waals surface area contributed by atoms with Crippen LogP contribution in [0, 0.1) is 6.42 Å². The first kappa shape index (κ1) is 14.6. The van der Waals surface area contributed by atoms with E-state index in [0.717, 1.165) is 6.42 Å². The Labute approximate surface area is 121 Å². The summed E-state index contributed by atoms with van der Waals surface area (Å²) in [5, 5.41) is 3.33. The van der Waals surface area contributed by atoms with Crippen molar-refractivity contribution in [3.05, 3.63) is 41.2 Å². The number of allylic oxidation sites excluding steroid dienone is 2. The highest BCUT2D eigenvalue weighted by molar-refractivity contribution is 6.31. The fourth-order valence-corrected chi connectivity index (χ4v) is 1.78. The van der Waals surface area contributed by atoms with Crippen molar-refractivity contribution < 1.29 is 13.9 Å². The van der Waals surface area contributed by atoms with Gasteiger partial charge in [0, 0.05) is 0 Å². The average molecular weight is 299 g/mol. The van der Waals surface area contributed by atoms with Crippen molar-refractivity contribution in [1.29, 1.82) is 0 Å². The molecule has 0 aliphatic heterocycles. The van der Waals surface area contributed by atoms with E-state index in [1.54, 1.807) is 6.08 Å². The zero-order chi connectivity index (χ0) is 14.4. The monoisotopic (exact) mass is 298 g/mol. The van der Waals surface area contributed by atoms with Crippen molar-refractivity contribution in [3.8, 4) is 5.88 Å². The van der Waals surface area contributed by atoms with E-state index < -0.39 is 6.67 Å². The topological polar surface area (TPSA) is 56.3 Å². The number of ether oxygens (including phenoxy) is 2. The molecule has 0 atom stereocenters. The molecule has 0 bridgehead atoms. The second-order valence-corrected chi connectivity index (χ2v) is 4.24. The molecular formula is C13H14ClFN3O2. The Bertz CT molecular complexity index is 534.